The molecule has 3 unspecified atom stereocenters. The standard InChI is InChI=1S/C15H28O2/c1-10(2)13-6-5-11(3)7-14(13)15(17)8-12(4)9-16/h8,10-11,13-17H,5-7,9H2,1-4H3/b12-8+/t11?,13?,14?,15-/m1/s1. The molecule has 0 aromatic carbocycles. The fraction of sp³-hybridized carbons (Fsp3) is 0.867. The van der Waals surface area contributed by atoms with Gasteiger partial charge in [-0.15, -0.1) is 0 Å². The number of hydrogen-bond acceptors (Lipinski definition) is 2. The smallest absolute Gasteiger partial charge is 0.0755 e. The molecule has 1 rings (SSSR count). The number of rotatable bonds is 4. The van der Waals surface area contributed by atoms with Crippen molar-refractivity contribution in [3.8, 4) is 0 Å². The summed E-state index contributed by atoms with van der Waals surface area (Å²) in [6, 6.07) is 0. The van der Waals surface area contributed by atoms with Crippen molar-refractivity contribution in [1.29, 1.82) is 0 Å². The van der Waals surface area contributed by atoms with Gasteiger partial charge in [0.05, 0.1) is 12.7 Å². The van der Waals surface area contributed by atoms with Crippen LogP contribution in [0.5, 0.6) is 0 Å². The fourth-order valence-electron chi connectivity index (χ4n) is 3.14. The molecule has 0 amide bonds. The normalized spacial score (nSPS) is 32.9. The SMILES string of the molecule is C/C(=C\[C@@H](O)C1CC(C)CCC1C(C)C)CO. The summed E-state index contributed by atoms with van der Waals surface area (Å²) in [5.41, 5.74) is 0.873. The van der Waals surface area contributed by atoms with Gasteiger partial charge in [-0.25, -0.2) is 0 Å². The van der Waals surface area contributed by atoms with Crippen molar-refractivity contribution >= 4 is 0 Å². The molecule has 0 bridgehead atoms. The maximum absolute atomic E-state index is 10.3. The van der Waals surface area contributed by atoms with Crippen molar-refractivity contribution < 1.29 is 10.2 Å². The van der Waals surface area contributed by atoms with Crippen LogP contribution in [0.25, 0.3) is 0 Å². The first-order valence-electron chi connectivity index (χ1n) is 6.92. The van der Waals surface area contributed by atoms with E-state index in [4.69, 9.17) is 5.11 Å². The monoisotopic (exact) mass is 240 g/mol. The summed E-state index contributed by atoms with van der Waals surface area (Å²) in [5, 5.41) is 19.4. The Morgan fingerprint density at radius 3 is 2.47 bits per heavy atom. The van der Waals surface area contributed by atoms with Crippen LogP contribution in [0.1, 0.15) is 47.0 Å². The van der Waals surface area contributed by atoms with E-state index in [9.17, 15) is 5.11 Å². The molecule has 100 valence electrons. The van der Waals surface area contributed by atoms with Crippen molar-refractivity contribution in [2.24, 2.45) is 23.7 Å². The zero-order valence-electron chi connectivity index (χ0n) is 11.7. The molecule has 0 radical (unpaired) electrons. The molecule has 1 fully saturated rings. The Balaban J connectivity index is 2.75. The molecule has 0 aromatic rings. The molecule has 0 aromatic heterocycles. The Kier molecular flexibility index (Phi) is 5.68. The van der Waals surface area contributed by atoms with E-state index in [-0.39, 0.29) is 6.61 Å². The lowest BCUT2D eigenvalue weighted by atomic mass is 9.68. The number of aliphatic hydroxyl groups excluding tert-OH is 2. The van der Waals surface area contributed by atoms with Gasteiger partial charge in [0.1, 0.15) is 0 Å². The van der Waals surface area contributed by atoms with Crippen LogP contribution < -0.4 is 0 Å². The van der Waals surface area contributed by atoms with Crippen LogP contribution in [0.2, 0.25) is 0 Å². The van der Waals surface area contributed by atoms with E-state index in [2.05, 4.69) is 20.8 Å². The van der Waals surface area contributed by atoms with Crippen molar-refractivity contribution in [3.05, 3.63) is 11.6 Å². The largest absolute Gasteiger partial charge is 0.392 e. The van der Waals surface area contributed by atoms with E-state index >= 15 is 0 Å². The highest BCUT2D eigenvalue weighted by molar-refractivity contribution is 5.04. The predicted molar refractivity (Wildman–Crippen MR) is 71.7 cm³/mol. The second-order valence-electron chi connectivity index (χ2n) is 6.15. The average molecular weight is 240 g/mol. The molecule has 2 heteroatoms. The van der Waals surface area contributed by atoms with E-state index in [1.165, 1.54) is 12.8 Å². The van der Waals surface area contributed by atoms with Gasteiger partial charge >= 0.3 is 0 Å². The molecule has 1 aliphatic carbocycles. The first-order valence-corrected chi connectivity index (χ1v) is 6.92. The van der Waals surface area contributed by atoms with Gasteiger partial charge in [-0.1, -0.05) is 33.3 Å². The maximum Gasteiger partial charge on any atom is 0.0755 e. The molecule has 1 aliphatic rings. The van der Waals surface area contributed by atoms with Gasteiger partial charge in [0.25, 0.3) is 0 Å². The minimum absolute atomic E-state index is 0.0473. The Hall–Kier alpha value is -0.340. The van der Waals surface area contributed by atoms with Crippen molar-refractivity contribution in [1.82, 2.24) is 0 Å². The molecule has 17 heavy (non-hydrogen) atoms. The first kappa shape index (κ1) is 14.7. The number of aliphatic hydroxyl groups is 2. The Morgan fingerprint density at radius 1 is 1.29 bits per heavy atom. The van der Waals surface area contributed by atoms with Crippen LogP contribution in [0, 0.1) is 23.7 Å². The molecule has 0 aliphatic heterocycles. The Bertz CT molecular complexity index is 258. The molecule has 1 saturated carbocycles. The molecule has 0 spiro atoms. The maximum atomic E-state index is 10.3. The number of hydrogen-bond donors (Lipinski definition) is 2. The van der Waals surface area contributed by atoms with Crippen LogP contribution >= 0.6 is 0 Å². The van der Waals surface area contributed by atoms with Gasteiger partial charge in [0.15, 0.2) is 0 Å². The van der Waals surface area contributed by atoms with Crippen molar-refractivity contribution in [3.63, 3.8) is 0 Å². The average Bonchev–Trinajstić information content (AvgIpc) is 2.28. The summed E-state index contributed by atoms with van der Waals surface area (Å²) in [4.78, 5) is 0. The summed E-state index contributed by atoms with van der Waals surface area (Å²) in [7, 11) is 0. The van der Waals surface area contributed by atoms with Gasteiger partial charge in [-0.05, 0) is 49.0 Å². The third-order valence-electron chi connectivity index (χ3n) is 4.22. The lowest BCUT2D eigenvalue weighted by Crippen LogP contribution is -2.35. The summed E-state index contributed by atoms with van der Waals surface area (Å²) < 4.78 is 0. The lowest BCUT2D eigenvalue weighted by Gasteiger charge is -2.39. The summed E-state index contributed by atoms with van der Waals surface area (Å²) in [6.07, 6.45) is 5.08. The van der Waals surface area contributed by atoms with E-state index in [1.807, 2.05) is 13.0 Å². The highest BCUT2D eigenvalue weighted by atomic mass is 16.3. The minimum Gasteiger partial charge on any atom is -0.392 e. The van der Waals surface area contributed by atoms with Crippen LogP contribution in [-0.2, 0) is 0 Å². The minimum atomic E-state index is -0.391. The van der Waals surface area contributed by atoms with Crippen molar-refractivity contribution in [2.45, 2.75) is 53.1 Å². The van der Waals surface area contributed by atoms with E-state index in [1.54, 1.807) is 0 Å². The Labute approximate surface area is 106 Å². The second kappa shape index (κ2) is 6.55. The molecule has 2 N–H and O–H groups in total. The summed E-state index contributed by atoms with van der Waals surface area (Å²) >= 11 is 0. The Morgan fingerprint density at radius 2 is 1.94 bits per heavy atom. The third kappa shape index (κ3) is 4.11. The van der Waals surface area contributed by atoms with Gasteiger partial charge in [-0.3, -0.25) is 0 Å². The van der Waals surface area contributed by atoms with Crippen LogP contribution in [-0.4, -0.2) is 22.9 Å². The van der Waals surface area contributed by atoms with Crippen LogP contribution in [0.4, 0.5) is 0 Å². The van der Waals surface area contributed by atoms with Crippen molar-refractivity contribution in [2.75, 3.05) is 6.61 Å². The highest BCUT2D eigenvalue weighted by Gasteiger charge is 2.34. The van der Waals surface area contributed by atoms with Crippen LogP contribution in [0.15, 0.2) is 11.6 Å². The second-order valence-corrected chi connectivity index (χ2v) is 6.15. The molecule has 0 heterocycles. The zero-order chi connectivity index (χ0) is 13.0. The van der Waals surface area contributed by atoms with E-state index < -0.39 is 6.10 Å². The summed E-state index contributed by atoms with van der Waals surface area (Å²) in [5.74, 6) is 2.32. The van der Waals surface area contributed by atoms with E-state index in [0.717, 1.165) is 12.0 Å². The predicted octanol–water partition coefficient (Wildman–Crippen LogP) is 2.99. The zero-order valence-corrected chi connectivity index (χ0v) is 11.7. The van der Waals surface area contributed by atoms with Gasteiger partial charge in [0, 0.05) is 0 Å². The topological polar surface area (TPSA) is 40.5 Å². The molecule has 2 nitrogen and oxygen atoms in total. The highest BCUT2D eigenvalue weighted by Crippen LogP contribution is 2.40. The quantitative estimate of drug-likeness (QED) is 0.742. The lowest BCUT2D eigenvalue weighted by molar-refractivity contribution is 0.0420. The van der Waals surface area contributed by atoms with Crippen LogP contribution in [0.3, 0.4) is 0 Å². The summed E-state index contributed by atoms with van der Waals surface area (Å²) in [6.45, 7) is 8.70. The van der Waals surface area contributed by atoms with Gasteiger partial charge in [-0.2, -0.15) is 0 Å². The van der Waals surface area contributed by atoms with Gasteiger partial charge < -0.3 is 10.2 Å². The van der Waals surface area contributed by atoms with E-state index in [0.29, 0.717) is 23.7 Å². The molecular formula is C15H28O2. The molecular weight excluding hydrogens is 212 g/mol. The fourth-order valence-corrected chi connectivity index (χ4v) is 3.14. The van der Waals surface area contributed by atoms with Gasteiger partial charge in [0.2, 0.25) is 0 Å². The molecule has 4 atom stereocenters. The first-order chi connectivity index (χ1) is 7.95. The third-order valence-corrected chi connectivity index (χ3v) is 4.22. The molecule has 0 saturated heterocycles.